The minimum absolute atomic E-state index is 0.230. The van der Waals surface area contributed by atoms with Crippen LogP contribution in [0.25, 0.3) is 16.8 Å². The molecule has 0 N–H and O–H groups in total. The maximum Gasteiger partial charge on any atom is 0.331 e. The summed E-state index contributed by atoms with van der Waals surface area (Å²) in [4.78, 5) is 31.1. The van der Waals surface area contributed by atoms with Gasteiger partial charge in [-0.15, -0.1) is 11.3 Å². The van der Waals surface area contributed by atoms with Crippen LogP contribution in [0, 0.1) is 0 Å². The molecule has 0 unspecified atom stereocenters. The third-order valence-corrected chi connectivity index (χ3v) is 5.94. The van der Waals surface area contributed by atoms with Crippen LogP contribution in [-0.4, -0.2) is 31.0 Å². The van der Waals surface area contributed by atoms with E-state index in [0.717, 1.165) is 18.4 Å². The van der Waals surface area contributed by atoms with Crippen LogP contribution in [0.15, 0.2) is 60.0 Å². The molecule has 3 rings (SSSR count). The van der Waals surface area contributed by atoms with Gasteiger partial charge in [0.05, 0.1) is 23.4 Å². The van der Waals surface area contributed by atoms with Crippen molar-refractivity contribution >= 4 is 45.5 Å². The number of rotatable bonds is 7. The number of amides is 1. The highest BCUT2D eigenvalue weighted by atomic mass is 35.5. The van der Waals surface area contributed by atoms with Gasteiger partial charge in [-0.05, 0) is 23.6 Å². The maximum atomic E-state index is 13.2. The number of thiazole rings is 1. The number of anilines is 1. The molecule has 0 aliphatic carbocycles. The van der Waals surface area contributed by atoms with Gasteiger partial charge in [-0.25, -0.2) is 9.78 Å². The van der Waals surface area contributed by atoms with Crippen molar-refractivity contribution in [3.05, 3.63) is 76.1 Å². The van der Waals surface area contributed by atoms with Crippen LogP contribution in [-0.2, 0) is 20.7 Å². The van der Waals surface area contributed by atoms with Gasteiger partial charge in [-0.3, -0.25) is 9.69 Å². The molecule has 1 aromatic heterocycles. The van der Waals surface area contributed by atoms with E-state index in [0.29, 0.717) is 21.4 Å². The Labute approximate surface area is 191 Å². The molecule has 0 fully saturated rings. The van der Waals surface area contributed by atoms with Crippen LogP contribution in [0.3, 0.4) is 0 Å². The van der Waals surface area contributed by atoms with E-state index in [4.69, 9.17) is 16.3 Å². The summed E-state index contributed by atoms with van der Waals surface area (Å²) in [6, 6.07) is 15.0. The molecular formula is C24H23ClN2O3S. The number of likely N-dealkylation sites (N-methyl/N-ethyl adjacent to an activating group) is 1. The van der Waals surface area contributed by atoms with Gasteiger partial charge in [0.15, 0.2) is 5.13 Å². The summed E-state index contributed by atoms with van der Waals surface area (Å²) in [5, 5.41) is 3.00. The minimum Gasteiger partial charge on any atom is -0.466 e. The Balaban J connectivity index is 1.90. The largest absolute Gasteiger partial charge is 0.466 e. The molecule has 0 spiro atoms. The molecule has 7 heteroatoms. The maximum absolute atomic E-state index is 13.2. The van der Waals surface area contributed by atoms with Gasteiger partial charge < -0.3 is 4.74 Å². The third kappa shape index (κ3) is 5.40. The third-order valence-electron chi connectivity index (χ3n) is 4.71. The first-order chi connectivity index (χ1) is 14.9. The second-order valence-corrected chi connectivity index (χ2v) is 8.13. The first-order valence-electron chi connectivity index (χ1n) is 9.82. The van der Waals surface area contributed by atoms with E-state index in [-0.39, 0.29) is 11.5 Å². The predicted octanol–water partition coefficient (Wildman–Crippen LogP) is 5.64. The Morgan fingerprint density at radius 2 is 1.94 bits per heavy atom. The van der Waals surface area contributed by atoms with Crippen molar-refractivity contribution in [3.8, 4) is 11.3 Å². The average molecular weight is 455 g/mol. The Bertz CT molecular complexity index is 1110. The molecule has 0 saturated carbocycles. The van der Waals surface area contributed by atoms with Crippen LogP contribution in [0.4, 0.5) is 5.13 Å². The summed E-state index contributed by atoms with van der Waals surface area (Å²) in [5.41, 5.74) is 3.55. The monoisotopic (exact) mass is 454 g/mol. The van der Waals surface area contributed by atoms with Crippen molar-refractivity contribution < 1.29 is 14.3 Å². The van der Waals surface area contributed by atoms with E-state index in [1.165, 1.54) is 35.0 Å². The summed E-state index contributed by atoms with van der Waals surface area (Å²) in [6.45, 7) is 2.12. The Morgan fingerprint density at radius 3 is 2.58 bits per heavy atom. The molecule has 0 bridgehead atoms. The number of halogens is 1. The lowest BCUT2D eigenvalue weighted by Crippen LogP contribution is -2.27. The van der Waals surface area contributed by atoms with E-state index in [2.05, 4.69) is 11.9 Å². The Kier molecular flexibility index (Phi) is 7.60. The Hall–Kier alpha value is -2.96. The molecule has 1 heterocycles. The van der Waals surface area contributed by atoms with E-state index >= 15 is 0 Å². The first-order valence-corrected chi connectivity index (χ1v) is 11.1. The average Bonchev–Trinajstić information content (AvgIpc) is 3.27. The van der Waals surface area contributed by atoms with Crippen molar-refractivity contribution in [3.63, 3.8) is 0 Å². The fourth-order valence-corrected chi connectivity index (χ4v) is 4.17. The molecule has 0 aliphatic heterocycles. The smallest absolute Gasteiger partial charge is 0.331 e. The van der Waals surface area contributed by atoms with Gasteiger partial charge in [-0.1, -0.05) is 67.4 Å². The number of esters is 1. The summed E-state index contributed by atoms with van der Waals surface area (Å²) in [5.74, 6) is -0.957. The minimum atomic E-state index is -0.598. The molecule has 0 atom stereocenters. The topological polar surface area (TPSA) is 59.5 Å². The standard InChI is InChI=1S/C24H23ClN2O3S/c1-4-8-16-11-12-18(20(25)13-16)21-15-31-24(26-21)27(2)23(29)19(14-22(28)30-3)17-9-6-5-7-10-17/h5-7,9-15H,4,8H2,1-3H3. The SMILES string of the molecule is CCCc1ccc(-c2csc(N(C)C(=O)C(=CC(=O)OC)c3ccccc3)n2)c(Cl)c1. The lowest BCUT2D eigenvalue weighted by molar-refractivity contribution is -0.135. The second kappa shape index (κ2) is 10.4. The van der Waals surface area contributed by atoms with E-state index in [1.807, 2.05) is 29.6 Å². The highest BCUT2D eigenvalue weighted by Gasteiger charge is 2.22. The molecule has 1 amide bonds. The van der Waals surface area contributed by atoms with Crippen molar-refractivity contribution in [1.29, 1.82) is 0 Å². The molecular weight excluding hydrogens is 432 g/mol. The van der Waals surface area contributed by atoms with Crippen molar-refractivity contribution in [2.24, 2.45) is 0 Å². The fraction of sp³-hybridized carbons (Fsp3) is 0.208. The number of benzene rings is 2. The van der Waals surface area contributed by atoms with Crippen LogP contribution >= 0.6 is 22.9 Å². The van der Waals surface area contributed by atoms with Gasteiger partial charge >= 0.3 is 5.97 Å². The van der Waals surface area contributed by atoms with E-state index in [9.17, 15) is 9.59 Å². The summed E-state index contributed by atoms with van der Waals surface area (Å²) < 4.78 is 4.73. The van der Waals surface area contributed by atoms with Gasteiger partial charge in [0.2, 0.25) is 0 Å². The Morgan fingerprint density at radius 1 is 1.19 bits per heavy atom. The molecule has 0 radical (unpaired) electrons. The number of hydrogen-bond acceptors (Lipinski definition) is 5. The van der Waals surface area contributed by atoms with Crippen molar-refractivity contribution in [1.82, 2.24) is 4.98 Å². The van der Waals surface area contributed by atoms with Gasteiger partial charge in [0.1, 0.15) is 0 Å². The highest BCUT2D eigenvalue weighted by molar-refractivity contribution is 7.14. The number of hydrogen-bond donors (Lipinski definition) is 0. The highest BCUT2D eigenvalue weighted by Crippen LogP contribution is 2.33. The molecule has 31 heavy (non-hydrogen) atoms. The predicted molar refractivity (Wildman–Crippen MR) is 126 cm³/mol. The van der Waals surface area contributed by atoms with Crippen molar-refractivity contribution in [2.75, 3.05) is 19.1 Å². The van der Waals surface area contributed by atoms with E-state index in [1.54, 1.807) is 31.3 Å². The number of aryl methyl sites for hydroxylation is 1. The van der Waals surface area contributed by atoms with Crippen LogP contribution < -0.4 is 4.90 Å². The number of nitrogens with zero attached hydrogens (tertiary/aromatic N) is 2. The molecule has 160 valence electrons. The lowest BCUT2D eigenvalue weighted by Gasteiger charge is -2.16. The first kappa shape index (κ1) is 22.7. The van der Waals surface area contributed by atoms with Gasteiger partial charge in [0, 0.05) is 24.1 Å². The zero-order valence-corrected chi connectivity index (χ0v) is 19.2. The number of ether oxygens (including phenoxy) is 1. The summed E-state index contributed by atoms with van der Waals surface area (Å²) in [6.07, 6.45) is 3.21. The number of aromatic nitrogens is 1. The van der Waals surface area contributed by atoms with Crippen LogP contribution in [0.1, 0.15) is 24.5 Å². The number of methoxy groups -OCH3 is 1. The quantitative estimate of drug-likeness (QED) is 0.342. The zero-order chi connectivity index (χ0) is 22.4. The summed E-state index contributed by atoms with van der Waals surface area (Å²) >= 11 is 7.81. The summed E-state index contributed by atoms with van der Waals surface area (Å²) in [7, 11) is 2.91. The number of carbonyl (C=O) groups is 2. The lowest BCUT2D eigenvalue weighted by atomic mass is 10.0. The fourth-order valence-electron chi connectivity index (χ4n) is 3.08. The zero-order valence-electron chi connectivity index (χ0n) is 17.6. The van der Waals surface area contributed by atoms with Crippen molar-refractivity contribution in [2.45, 2.75) is 19.8 Å². The van der Waals surface area contributed by atoms with Gasteiger partial charge in [0.25, 0.3) is 5.91 Å². The van der Waals surface area contributed by atoms with Crippen LogP contribution in [0.5, 0.6) is 0 Å². The molecule has 0 saturated heterocycles. The molecule has 3 aromatic rings. The van der Waals surface area contributed by atoms with E-state index < -0.39 is 5.97 Å². The molecule has 5 nitrogen and oxygen atoms in total. The van der Waals surface area contributed by atoms with Crippen LogP contribution in [0.2, 0.25) is 5.02 Å². The second-order valence-electron chi connectivity index (χ2n) is 6.89. The normalized spacial score (nSPS) is 11.3. The molecule has 2 aromatic carbocycles. The molecule has 0 aliphatic rings. The van der Waals surface area contributed by atoms with Gasteiger partial charge in [-0.2, -0.15) is 0 Å². The number of carbonyl (C=O) groups excluding carboxylic acids is 2.